The third kappa shape index (κ3) is 3.25. The van der Waals surface area contributed by atoms with Crippen molar-refractivity contribution in [1.29, 1.82) is 0 Å². The maximum absolute atomic E-state index is 6.67. The molecule has 25 heavy (non-hydrogen) atoms. The summed E-state index contributed by atoms with van der Waals surface area (Å²) in [5.74, 6) is 0.816. The Morgan fingerprint density at radius 3 is 2.16 bits per heavy atom. The molecule has 4 rings (SSSR count). The van der Waals surface area contributed by atoms with Crippen LogP contribution in [0, 0.1) is 13.8 Å². The number of allylic oxidation sites excluding steroid dienone is 2. The minimum atomic E-state index is -2.44. The van der Waals surface area contributed by atoms with E-state index in [0.29, 0.717) is 15.5 Å². The number of fused-ring (bicyclic) bond motifs is 2. The van der Waals surface area contributed by atoms with Gasteiger partial charge in [0.2, 0.25) is 0 Å². The molecule has 0 heterocycles. The van der Waals surface area contributed by atoms with Gasteiger partial charge in [-0.2, -0.15) is 0 Å². The van der Waals surface area contributed by atoms with E-state index in [2.05, 4.69) is 74.5 Å². The second-order valence-corrected chi connectivity index (χ2v) is 16.3. The standard InChI is InChI=1S/C22H21.2ClH.Zr/c1-15-5-3-7-21-17(11-13-19(15)21)9-10-18-12-14-20-16(2)6-4-8-22(18)20;;;/h3-9,11-14,17-18H,10H2,1-2H3;2*1H;/q;;;+2/p-2. The first-order chi connectivity index (χ1) is 12.1. The number of rotatable bonds is 4. The quantitative estimate of drug-likeness (QED) is 0.460. The Morgan fingerprint density at radius 2 is 1.48 bits per heavy atom. The van der Waals surface area contributed by atoms with Gasteiger partial charge in [0.15, 0.2) is 0 Å². The van der Waals surface area contributed by atoms with E-state index in [1.165, 1.54) is 33.4 Å². The van der Waals surface area contributed by atoms with E-state index in [1.807, 2.05) is 0 Å². The first-order valence-corrected chi connectivity index (χ1v) is 16.5. The summed E-state index contributed by atoms with van der Waals surface area (Å²) < 4.78 is 0.395. The van der Waals surface area contributed by atoms with Gasteiger partial charge in [0.1, 0.15) is 0 Å². The third-order valence-electron chi connectivity index (χ3n) is 5.66. The van der Waals surface area contributed by atoms with E-state index in [-0.39, 0.29) is 0 Å². The van der Waals surface area contributed by atoms with Gasteiger partial charge >= 0.3 is 166 Å². The van der Waals surface area contributed by atoms with Gasteiger partial charge in [0.05, 0.1) is 0 Å². The fraction of sp³-hybridized carbons (Fsp3) is 0.273. The van der Waals surface area contributed by atoms with E-state index >= 15 is 0 Å². The van der Waals surface area contributed by atoms with E-state index in [0.717, 1.165) is 6.42 Å². The molecule has 0 amide bonds. The fourth-order valence-corrected chi connectivity index (χ4v) is 9.40. The van der Waals surface area contributed by atoms with Crippen LogP contribution in [0.25, 0.3) is 12.2 Å². The number of halogens is 2. The summed E-state index contributed by atoms with van der Waals surface area (Å²) in [6, 6.07) is 13.2. The second-order valence-electron chi connectivity index (χ2n) is 7.14. The predicted molar refractivity (Wildman–Crippen MR) is 106 cm³/mol. The molecule has 0 fully saturated rings. The van der Waals surface area contributed by atoms with Crippen LogP contribution >= 0.6 is 17.0 Å². The SMILES string of the molecule is Cc1cccc2c1C=CC2C[CH](C1C=Cc2c(C)cccc21)[Zr]([Cl])[Cl]. The molecule has 0 N–H and O–H groups in total. The Hall–Kier alpha value is -0.617. The average molecular weight is 448 g/mol. The van der Waals surface area contributed by atoms with Crippen LogP contribution in [-0.4, -0.2) is 0 Å². The minimum absolute atomic E-state index is 0.376. The fourth-order valence-electron chi connectivity index (χ4n) is 4.30. The third-order valence-corrected chi connectivity index (χ3v) is 11.8. The van der Waals surface area contributed by atoms with Gasteiger partial charge in [-0.3, -0.25) is 0 Å². The summed E-state index contributed by atoms with van der Waals surface area (Å²) in [4.78, 5) is 0. The van der Waals surface area contributed by atoms with Gasteiger partial charge in [0.25, 0.3) is 0 Å². The molecule has 0 nitrogen and oxygen atoms in total. The Bertz CT molecular complexity index is 866. The summed E-state index contributed by atoms with van der Waals surface area (Å²) >= 11 is -2.44. The van der Waals surface area contributed by atoms with Crippen molar-refractivity contribution in [1.82, 2.24) is 0 Å². The first-order valence-electron chi connectivity index (χ1n) is 8.79. The first kappa shape index (κ1) is 17.8. The number of aryl methyl sites for hydroxylation is 2. The summed E-state index contributed by atoms with van der Waals surface area (Å²) in [6.45, 7) is 4.37. The van der Waals surface area contributed by atoms with Crippen molar-refractivity contribution < 1.29 is 19.4 Å². The van der Waals surface area contributed by atoms with Crippen LogP contribution in [0.4, 0.5) is 0 Å². The summed E-state index contributed by atoms with van der Waals surface area (Å²) in [5.41, 5.74) is 8.30. The van der Waals surface area contributed by atoms with Crippen LogP contribution in [-0.2, 0) is 19.4 Å². The van der Waals surface area contributed by atoms with Crippen LogP contribution in [0.2, 0.25) is 3.63 Å². The molecule has 3 unspecified atom stereocenters. The molecule has 2 aliphatic rings. The maximum atomic E-state index is 6.67. The van der Waals surface area contributed by atoms with Crippen LogP contribution in [0.1, 0.15) is 51.6 Å². The van der Waals surface area contributed by atoms with E-state index < -0.39 is 19.4 Å². The molecule has 0 saturated heterocycles. The summed E-state index contributed by atoms with van der Waals surface area (Å²) in [5, 5.41) is 0. The topological polar surface area (TPSA) is 0 Å². The molecular weight excluding hydrogens is 426 g/mol. The normalized spacial score (nSPS) is 21.3. The number of hydrogen-bond acceptors (Lipinski definition) is 0. The Labute approximate surface area is 165 Å². The van der Waals surface area contributed by atoms with Crippen LogP contribution < -0.4 is 0 Å². The Morgan fingerprint density at radius 1 is 0.880 bits per heavy atom. The van der Waals surface area contributed by atoms with E-state index in [1.54, 1.807) is 0 Å². The summed E-state index contributed by atoms with van der Waals surface area (Å²) in [7, 11) is 13.3. The van der Waals surface area contributed by atoms with Crippen molar-refractivity contribution in [2.45, 2.75) is 35.7 Å². The predicted octanol–water partition coefficient (Wildman–Crippen LogP) is 7.33. The van der Waals surface area contributed by atoms with Crippen molar-refractivity contribution in [3.05, 3.63) is 81.9 Å². The van der Waals surface area contributed by atoms with Gasteiger partial charge in [-0.25, -0.2) is 0 Å². The molecule has 0 aromatic heterocycles. The van der Waals surface area contributed by atoms with Gasteiger partial charge in [-0.15, -0.1) is 0 Å². The summed E-state index contributed by atoms with van der Waals surface area (Å²) in [6.07, 6.45) is 10.3. The zero-order chi connectivity index (χ0) is 17.6. The van der Waals surface area contributed by atoms with Crippen molar-refractivity contribution in [3.63, 3.8) is 0 Å². The molecule has 3 heteroatoms. The Kier molecular flexibility index (Phi) is 5.11. The monoisotopic (exact) mass is 445 g/mol. The van der Waals surface area contributed by atoms with Gasteiger partial charge < -0.3 is 0 Å². The molecule has 0 saturated carbocycles. The molecule has 0 bridgehead atoms. The molecule has 0 radical (unpaired) electrons. The molecule has 3 atom stereocenters. The number of hydrogen-bond donors (Lipinski definition) is 0. The molecule has 2 aliphatic carbocycles. The van der Waals surface area contributed by atoms with Crippen LogP contribution in [0.5, 0.6) is 0 Å². The zero-order valence-corrected chi connectivity index (χ0v) is 18.4. The van der Waals surface area contributed by atoms with Gasteiger partial charge in [-0.05, 0) is 0 Å². The van der Waals surface area contributed by atoms with Crippen LogP contribution in [0.15, 0.2) is 48.6 Å². The van der Waals surface area contributed by atoms with Crippen molar-refractivity contribution in [2.75, 3.05) is 0 Å². The molecule has 127 valence electrons. The van der Waals surface area contributed by atoms with Crippen molar-refractivity contribution in [2.24, 2.45) is 0 Å². The van der Waals surface area contributed by atoms with E-state index in [9.17, 15) is 0 Å². The van der Waals surface area contributed by atoms with Crippen LogP contribution in [0.3, 0.4) is 0 Å². The zero-order valence-electron chi connectivity index (χ0n) is 14.5. The van der Waals surface area contributed by atoms with Crippen molar-refractivity contribution in [3.8, 4) is 0 Å². The average Bonchev–Trinajstić information content (AvgIpc) is 3.18. The molecule has 2 aromatic rings. The Balaban J connectivity index is 1.64. The molecular formula is C22H21Cl2Zr. The van der Waals surface area contributed by atoms with E-state index in [4.69, 9.17) is 17.0 Å². The van der Waals surface area contributed by atoms with Gasteiger partial charge in [-0.1, -0.05) is 0 Å². The number of benzene rings is 2. The molecule has 0 spiro atoms. The van der Waals surface area contributed by atoms with Crippen molar-refractivity contribution >= 4 is 29.2 Å². The second kappa shape index (κ2) is 7.18. The molecule has 2 aromatic carbocycles. The van der Waals surface area contributed by atoms with Gasteiger partial charge in [0, 0.05) is 0 Å². The molecule has 0 aliphatic heterocycles.